The van der Waals surface area contributed by atoms with Gasteiger partial charge in [0, 0.05) is 62.5 Å². The molecule has 2 aromatic rings. The number of hydrogen-bond acceptors (Lipinski definition) is 6. The zero-order valence-electron chi connectivity index (χ0n) is 17.6. The second kappa shape index (κ2) is 9.02. The molecule has 0 aromatic carbocycles. The number of amides is 1. The molecule has 0 radical (unpaired) electrons. The Labute approximate surface area is 182 Å². The van der Waals surface area contributed by atoms with E-state index in [0.717, 1.165) is 61.7 Å². The van der Waals surface area contributed by atoms with Crippen LogP contribution in [0.1, 0.15) is 55.4 Å². The number of rotatable bonds is 4. The van der Waals surface area contributed by atoms with E-state index in [1.165, 1.54) is 56.3 Å². The lowest BCUT2D eigenvalue weighted by molar-refractivity contribution is 0.0519. The van der Waals surface area contributed by atoms with Gasteiger partial charge in [-0.2, -0.15) is 0 Å². The van der Waals surface area contributed by atoms with Crippen molar-refractivity contribution in [3.05, 3.63) is 29.4 Å². The summed E-state index contributed by atoms with van der Waals surface area (Å²) in [5.41, 5.74) is 1.56. The maximum absolute atomic E-state index is 13.0. The summed E-state index contributed by atoms with van der Waals surface area (Å²) in [6, 6.07) is 4.89. The normalized spacial score (nSPS) is 21.3. The van der Waals surface area contributed by atoms with Crippen LogP contribution in [-0.2, 0) is 0 Å². The Hall–Kier alpha value is -1.99. The van der Waals surface area contributed by atoms with E-state index in [1.54, 1.807) is 0 Å². The molecule has 30 heavy (non-hydrogen) atoms. The highest BCUT2D eigenvalue weighted by Gasteiger charge is 2.28. The summed E-state index contributed by atoms with van der Waals surface area (Å²) in [6.45, 7) is 5.81. The fraction of sp³-hybridized carbons (Fsp3) is 0.609. The summed E-state index contributed by atoms with van der Waals surface area (Å²) in [5.74, 6) is 1.11. The maximum Gasteiger partial charge on any atom is 0.273 e. The molecule has 2 saturated heterocycles. The molecule has 3 aliphatic rings. The monoisotopic (exact) mass is 425 g/mol. The fourth-order valence-corrected chi connectivity index (χ4v) is 5.83. The molecular weight excluding hydrogens is 394 g/mol. The molecule has 0 spiro atoms. The lowest BCUT2D eigenvalue weighted by Crippen LogP contribution is -2.52. The summed E-state index contributed by atoms with van der Waals surface area (Å²) >= 11 is 1.53. The summed E-state index contributed by atoms with van der Waals surface area (Å²) in [4.78, 5) is 29.2. The van der Waals surface area contributed by atoms with Crippen molar-refractivity contribution in [1.82, 2.24) is 19.8 Å². The van der Waals surface area contributed by atoms with Gasteiger partial charge in [-0.1, -0.05) is 19.3 Å². The number of nitrogens with zero attached hydrogens (tertiary/aromatic N) is 5. The maximum atomic E-state index is 13.0. The largest absolute Gasteiger partial charge is 0.357 e. The average Bonchev–Trinajstić information content (AvgIpc) is 3.52. The van der Waals surface area contributed by atoms with E-state index in [9.17, 15) is 4.79 Å². The molecule has 2 aliphatic heterocycles. The molecule has 1 aliphatic carbocycles. The van der Waals surface area contributed by atoms with Gasteiger partial charge in [-0.05, 0) is 37.8 Å². The number of pyridine rings is 1. The predicted molar refractivity (Wildman–Crippen MR) is 121 cm³/mol. The number of carbonyl (C=O) groups excluding carboxylic acids is 1. The lowest BCUT2D eigenvalue weighted by atomic mass is 9.94. The van der Waals surface area contributed by atoms with Crippen LogP contribution >= 0.6 is 11.3 Å². The minimum absolute atomic E-state index is 0.0717. The van der Waals surface area contributed by atoms with E-state index in [0.29, 0.717) is 5.69 Å². The van der Waals surface area contributed by atoms with Gasteiger partial charge in [0.05, 0.1) is 0 Å². The second-order valence-electron chi connectivity index (χ2n) is 8.76. The van der Waals surface area contributed by atoms with Crippen LogP contribution in [0.3, 0.4) is 0 Å². The predicted octanol–water partition coefficient (Wildman–Crippen LogP) is 3.90. The van der Waals surface area contributed by atoms with Crippen molar-refractivity contribution in [2.45, 2.75) is 51.0 Å². The van der Waals surface area contributed by atoms with Gasteiger partial charge >= 0.3 is 0 Å². The molecule has 4 heterocycles. The zero-order chi connectivity index (χ0) is 20.3. The molecule has 6 nitrogen and oxygen atoms in total. The second-order valence-corrected chi connectivity index (χ2v) is 9.62. The van der Waals surface area contributed by atoms with Crippen LogP contribution in [0.15, 0.2) is 23.7 Å². The molecule has 0 bridgehead atoms. The molecule has 160 valence electrons. The first-order valence-corrected chi connectivity index (χ1v) is 12.4. The number of piperazine rings is 1. The van der Waals surface area contributed by atoms with Crippen LogP contribution in [0.25, 0.3) is 10.6 Å². The Balaban J connectivity index is 1.19. The van der Waals surface area contributed by atoms with E-state index < -0.39 is 0 Å². The molecule has 7 heteroatoms. The minimum atomic E-state index is 0.0717. The van der Waals surface area contributed by atoms with E-state index in [-0.39, 0.29) is 5.91 Å². The van der Waals surface area contributed by atoms with Crippen LogP contribution < -0.4 is 4.90 Å². The number of hydrogen-bond donors (Lipinski definition) is 0. The number of anilines is 1. The SMILES string of the molecule is O=C(c1csc(-c2ccc(N3CCCC3)nc2)n1)N1CCN(C2CCCCC2)CC1. The van der Waals surface area contributed by atoms with Crippen LogP contribution in [-0.4, -0.2) is 71.0 Å². The third kappa shape index (κ3) is 4.23. The Bertz CT molecular complexity index is 847. The molecule has 5 rings (SSSR count). The summed E-state index contributed by atoms with van der Waals surface area (Å²) in [5, 5.41) is 2.78. The van der Waals surface area contributed by atoms with Crippen LogP contribution in [0, 0.1) is 0 Å². The van der Waals surface area contributed by atoms with E-state index >= 15 is 0 Å². The molecule has 0 unspecified atom stereocenters. The highest BCUT2D eigenvalue weighted by atomic mass is 32.1. The molecule has 2 aromatic heterocycles. The van der Waals surface area contributed by atoms with E-state index in [1.807, 2.05) is 16.5 Å². The molecule has 0 N–H and O–H groups in total. The Kier molecular flexibility index (Phi) is 6.00. The van der Waals surface area contributed by atoms with Crippen molar-refractivity contribution >= 4 is 23.1 Å². The first kappa shape index (κ1) is 19.9. The number of carbonyl (C=O) groups is 1. The Morgan fingerprint density at radius 1 is 0.933 bits per heavy atom. The quantitative estimate of drug-likeness (QED) is 0.744. The van der Waals surface area contributed by atoms with E-state index in [4.69, 9.17) is 0 Å². The van der Waals surface area contributed by atoms with Crippen LogP contribution in [0.2, 0.25) is 0 Å². The smallest absolute Gasteiger partial charge is 0.273 e. The molecular formula is C23H31N5OS. The Morgan fingerprint density at radius 3 is 2.40 bits per heavy atom. The highest BCUT2D eigenvalue weighted by Crippen LogP contribution is 2.27. The van der Waals surface area contributed by atoms with Gasteiger partial charge in [-0.25, -0.2) is 9.97 Å². The van der Waals surface area contributed by atoms with Crippen molar-refractivity contribution in [2.24, 2.45) is 0 Å². The van der Waals surface area contributed by atoms with Gasteiger partial charge < -0.3 is 9.80 Å². The van der Waals surface area contributed by atoms with Crippen molar-refractivity contribution in [1.29, 1.82) is 0 Å². The number of aromatic nitrogens is 2. The zero-order valence-corrected chi connectivity index (χ0v) is 18.4. The van der Waals surface area contributed by atoms with Gasteiger partial charge in [-0.3, -0.25) is 9.69 Å². The lowest BCUT2D eigenvalue weighted by Gasteiger charge is -2.40. The molecule has 1 saturated carbocycles. The Morgan fingerprint density at radius 2 is 1.70 bits per heavy atom. The van der Waals surface area contributed by atoms with Gasteiger partial charge in [-0.15, -0.1) is 11.3 Å². The summed E-state index contributed by atoms with van der Waals surface area (Å²) in [7, 11) is 0. The third-order valence-corrected chi connectivity index (χ3v) is 7.73. The first-order chi connectivity index (χ1) is 14.8. The molecule has 0 atom stereocenters. The summed E-state index contributed by atoms with van der Waals surface area (Å²) in [6.07, 6.45) is 11.1. The van der Waals surface area contributed by atoms with Crippen molar-refractivity contribution in [2.75, 3.05) is 44.2 Å². The van der Waals surface area contributed by atoms with Gasteiger partial charge in [0.1, 0.15) is 16.5 Å². The summed E-state index contributed by atoms with van der Waals surface area (Å²) < 4.78 is 0. The van der Waals surface area contributed by atoms with Gasteiger partial charge in [0.25, 0.3) is 5.91 Å². The van der Waals surface area contributed by atoms with E-state index in [2.05, 4.69) is 31.9 Å². The molecule has 3 fully saturated rings. The highest BCUT2D eigenvalue weighted by molar-refractivity contribution is 7.13. The van der Waals surface area contributed by atoms with Crippen molar-refractivity contribution < 1.29 is 4.79 Å². The van der Waals surface area contributed by atoms with Crippen LogP contribution in [0.5, 0.6) is 0 Å². The van der Waals surface area contributed by atoms with Gasteiger partial charge in [0.15, 0.2) is 0 Å². The average molecular weight is 426 g/mol. The standard InChI is InChI=1S/C23H31N5OS/c29-23(28-14-12-26(13-15-28)19-6-2-1-3-7-19)20-17-30-22(25-20)18-8-9-21(24-16-18)27-10-4-5-11-27/h8-9,16-17,19H,1-7,10-15H2. The fourth-order valence-electron chi connectivity index (χ4n) is 5.05. The number of thiazole rings is 1. The topological polar surface area (TPSA) is 52.6 Å². The van der Waals surface area contributed by atoms with Crippen LogP contribution in [0.4, 0.5) is 5.82 Å². The minimum Gasteiger partial charge on any atom is -0.357 e. The van der Waals surface area contributed by atoms with Crippen molar-refractivity contribution in [3.8, 4) is 10.6 Å². The first-order valence-electron chi connectivity index (χ1n) is 11.5. The van der Waals surface area contributed by atoms with Crippen molar-refractivity contribution in [3.63, 3.8) is 0 Å². The third-order valence-electron chi connectivity index (χ3n) is 6.84. The van der Waals surface area contributed by atoms with Gasteiger partial charge in [0.2, 0.25) is 0 Å². The molecule has 1 amide bonds.